The van der Waals surface area contributed by atoms with Crippen molar-refractivity contribution in [1.82, 2.24) is 4.90 Å². The van der Waals surface area contributed by atoms with Crippen LogP contribution in [0.15, 0.2) is 18.2 Å². The summed E-state index contributed by atoms with van der Waals surface area (Å²) in [6.07, 6.45) is 0. The average Bonchev–Trinajstić information content (AvgIpc) is 2.28. The Labute approximate surface area is 108 Å². The van der Waals surface area contributed by atoms with Gasteiger partial charge in [-0.25, -0.2) is 8.78 Å². The van der Waals surface area contributed by atoms with E-state index in [9.17, 15) is 8.78 Å². The number of nitrogens with zero attached hydrogens (tertiary/aromatic N) is 1. The minimum Gasteiger partial charge on any atom is -0.330 e. The molecule has 0 fully saturated rings. The zero-order chi connectivity index (χ0) is 13.9. The van der Waals surface area contributed by atoms with Crippen molar-refractivity contribution in [3.63, 3.8) is 0 Å². The Morgan fingerprint density at radius 2 is 1.78 bits per heavy atom. The fourth-order valence-corrected chi connectivity index (χ4v) is 2.01. The summed E-state index contributed by atoms with van der Waals surface area (Å²) in [6.45, 7) is 7.08. The van der Waals surface area contributed by atoms with E-state index in [1.807, 2.05) is 25.8 Å². The molecule has 2 nitrogen and oxygen atoms in total. The maximum Gasteiger partial charge on any atom is 0.130 e. The van der Waals surface area contributed by atoms with E-state index in [1.54, 1.807) is 6.92 Å². The summed E-state index contributed by atoms with van der Waals surface area (Å²) in [4.78, 5) is 1.92. The lowest BCUT2D eigenvalue weighted by Gasteiger charge is -2.33. The Balaban J connectivity index is 2.90. The SMILES string of the molecule is CC(c1c(F)cccc1F)N(C)CC(C)(C)CN. The zero-order valence-corrected chi connectivity index (χ0v) is 11.5. The van der Waals surface area contributed by atoms with E-state index in [0.29, 0.717) is 13.1 Å². The molecule has 1 unspecified atom stereocenters. The van der Waals surface area contributed by atoms with Crippen LogP contribution in [-0.2, 0) is 0 Å². The third-order valence-electron chi connectivity index (χ3n) is 3.31. The van der Waals surface area contributed by atoms with Gasteiger partial charge in [-0.3, -0.25) is 4.90 Å². The molecule has 4 heteroatoms. The van der Waals surface area contributed by atoms with Gasteiger partial charge in [-0.15, -0.1) is 0 Å². The van der Waals surface area contributed by atoms with Crippen molar-refractivity contribution >= 4 is 0 Å². The normalized spacial score (nSPS) is 14.0. The lowest BCUT2D eigenvalue weighted by atomic mass is 9.92. The maximum absolute atomic E-state index is 13.7. The first kappa shape index (κ1) is 15.1. The van der Waals surface area contributed by atoms with E-state index in [1.165, 1.54) is 18.2 Å². The molecule has 0 aromatic heterocycles. The molecule has 0 heterocycles. The standard InChI is InChI=1S/C14H22F2N2/c1-10(18(4)9-14(2,3)8-17)13-11(15)6-5-7-12(13)16/h5-7,10H,8-9,17H2,1-4H3. The molecule has 102 valence electrons. The highest BCUT2D eigenvalue weighted by Crippen LogP contribution is 2.27. The lowest BCUT2D eigenvalue weighted by Crippen LogP contribution is -2.38. The Kier molecular flexibility index (Phi) is 4.82. The van der Waals surface area contributed by atoms with Crippen molar-refractivity contribution in [1.29, 1.82) is 0 Å². The minimum atomic E-state index is -0.500. The van der Waals surface area contributed by atoms with Gasteiger partial charge in [0.25, 0.3) is 0 Å². The minimum absolute atomic E-state index is 0.0786. The molecule has 18 heavy (non-hydrogen) atoms. The van der Waals surface area contributed by atoms with Gasteiger partial charge in [-0.1, -0.05) is 19.9 Å². The molecule has 2 N–H and O–H groups in total. The number of benzene rings is 1. The molecule has 1 rings (SSSR count). The van der Waals surface area contributed by atoms with Crippen LogP contribution in [0.5, 0.6) is 0 Å². The molecule has 0 saturated carbocycles. The van der Waals surface area contributed by atoms with Crippen LogP contribution >= 0.6 is 0 Å². The van der Waals surface area contributed by atoms with Gasteiger partial charge in [0, 0.05) is 18.2 Å². The highest BCUT2D eigenvalue weighted by molar-refractivity contribution is 5.22. The van der Waals surface area contributed by atoms with Gasteiger partial charge in [0.15, 0.2) is 0 Å². The van der Waals surface area contributed by atoms with Gasteiger partial charge in [0.2, 0.25) is 0 Å². The average molecular weight is 256 g/mol. The number of hydrogen-bond donors (Lipinski definition) is 1. The van der Waals surface area contributed by atoms with E-state index >= 15 is 0 Å². The Hall–Kier alpha value is -1.00. The molecule has 0 aliphatic rings. The lowest BCUT2D eigenvalue weighted by molar-refractivity contribution is 0.169. The summed E-state index contributed by atoms with van der Waals surface area (Å²) < 4.78 is 27.4. The smallest absolute Gasteiger partial charge is 0.130 e. The zero-order valence-electron chi connectivity index (χ0n) is 11.5. The molecular weight excluding hydrogens is 234 g/mol. The maximum atomic E-state index is 13.7. The van der Waals surface area contributed by atoms with Gasteiger partial charge in [-0.05, 0) is 38.1 Å². The number of halogens is 2. The summed E-state index contributed by atoms with van der Waals surface area (Å²) in [7, 11) is 1.86. The van der Waals surface area contributed by atoms with Crippen LogP contribution in [0.1, 0.15) is 32.4 Å². The second-order valence-electron chi connectivity index (χ2n) is 5.59. The molecular formula is C14H22F2N2. The quantitative estimate of drug-likeness (QED) is 0.877. The van der Waals surface area contributed by atoms with Crippen LogP contribution < -0.4 is 5.73 Å². The molecule has 0 saturated heterocycles. The number of rotatable bonds is 5. The second kappa shape index (κ2) is 5.76. The van der Waals surface area contributed by atoms with E-state index in [4.69, 9.17) is 5.73 Å². The van der Waals surface area contributed by atoms with Crippen LogP contribution in [-0.4, -0.2) is 25.0 Å². The molecule has 1 atom stereocenters. The predicted molar refractivity (Wildman–Crippen MR) is 70.2 cm³/mol. The van der Waals surface area contributed by atoms with E-state index < -0.39 is 11.6 Å². The van der Waals surface area contributed by atoms with E-state index in [2.05, 4.69) is 0 Å². The van der Waals surface area contributed by atoms with Gasteiger partial charge in [0.1, 0.15) is 11.6 Å². The molecule has 1 aromatic carbocycles. The highest BCUT2D eigenvalue weighted by atomic mass is 19.1. The molecule has 0 bridgehead atoms. The van der Waals surface area contributed by atoms with Gasteiger partial charge < -0.3 is 5.73 Å². The molecule has 0 spiro atoms. The van der Waals surface area contributed by atoms with Crippen molar-refractivity contribution < 1.29 is 8.78 Å². The highest BCUT2D eigenvalue weighted by Gasteiger charge is 2.24. The molecule has 1 aromatic rings. The first-order chi connectivity index (χ1) is 8.28. The molecule has 0 aliphatic heterocycles. The molecule has 0 radical (unpaired) electrons. The van der Waals surface area contributed by atoms with Crippen molar-refractivity contribution in [2.75, 3.05) is 20.1 Å². The summed E-state index contributed by atoms with van der Waals surface area (Å²) >= 11 is 0. The van der Waals surface area contributed by atoms with Crippen molar-refractivity contribution in [3.8, 4) is 0 Å². The largest absolute Gasteiger partial charge is 0.330 e. The van der Waals surface area contributed by atoms with E-state index in [0.717, 1.165) is 0 Å². The summed E-state index contributed by atoms with van der Waals surface area (Å²) in [5.74, 6) is -1.00. The van der Waals surface area contributed by atoms with Crippen LogP contribution in [0, 0.1) is 17.0 Å². The summed E-state index contributed by atoms with van der Waals surface area (Å²) in [6, 6.07) is 3.63. The van der Waals surface area contributed by atoms with E-state index in [-0.39, 0.29) is 17.0 Å². The number of hydrogen-bond acceptors (Lipinski definition) is 2. The molecule has 0 amide bonds. The summed E-state index contributed by atoms with van der Waals surface area (Å²) in [5.41, 5.74) is 5.72. The van der Waals surface area contributed by atoms with Crippen LogP contribution in [0.25, 0.3) is 0 Å². The monoisotopic (exact) mass is 256 g/mol. The fraction of sp³-hybridized carbons (Fsp3) is 0.571. The van der Waals surface area contributed by atoms with Crippen LogP contribution in [0.2, 0.25) is 0 Å². The van der Waals surface area contributed by atoms with Gasteiger partial charge in [-0.2, -0.15) is 0 Å². The van der Waals surface area contributed by atoms with Crippen molar-refractivity contribution in [2.45, 2.75) is 26.8 Å². The third kappa shape index (κ3) is 3.50. The summed E-state index contributed by atoms with van der Waals surface area (Å²) in [5, 5.41) is 0. The first-order valence-electron chi connectivity index (χ1n) is 6.13. The number of nitrogens with two attached hydrogens (primary N) is 1. The third-order valence-corrected chi connectivity index (χ3v) is 3.31. The topological polar surface area (TPSA) is 29.3 Å². The Morgan fingerprint density at radius 1 is 1.28 bits per heavy atom. The molecule has 0 aliphatic carbocycles. The second-order valence-corrected chi connectivity index (χ2v) is 5.59. The van der Waals surface area contributed by atoms with Crippen LogP contribution in [0.4, 0.5) is 8.78 Å². The Bertz CT molecular complexity index is 385. The van der Waals surface area contributed by atoms with Crippen molar-refractivity contribution in [3.05, 3.63) is 35.4 Å². The van der Waals surface area contributed by atoms with Crippen molar-refractivity contribution in [2.24, 2.45) is 11.1 Å². The fourth-order valence-electron chi connectivity index (χ4n) is 2.01. The predicted octanol–water partition coefficient (Wildman–Crippen LogP) is 2.94. The Morgan fingerprint density at radius 3 is 2.22 bits per heavy atom. The first-order valence-corrected chi connectivity index (χ1v) is 6.13. The van der Waals surface area contributed by atoms with Gasteiger partial charge >= 0.3 is 0 Å². The van der Waals surface area contributed by atoms with Gasteiger partial charge in [0.05, 0.1) is 0 Å². The van der Waals surface area contributed by atoms with Crippen LogP contribution in [0.3, 0.4) is 0 Å².